The van der Waals surface area contributed by atoms with Gasteiger partial charge in [-0.2, -0.15) is 0 Å². The van der Waals surface area contributed by atoms with Crippen LogP contribution >= 0.6 is 0 Å². The first-order chi connectivity index (χ1) is 8.83. The molecule has 0 amide bonds. The van der Waals surface area contributed by atoms with Crippen molar-refractivity contribution in [1.82, 2.24) is 9.97 Å². The molecule has 0 atom stereocenters. The Morgan fingerprint density at radius 1 is 1.17 bits per heavy atom. The summed E-state index contributed by atoms with van der Waals surface area (Å²) in [7, 11) is 0. The normalized spacial score (nSPS) is 10.3. The Labute approximate surface area is 106 Å². The Balaban J connectivity index is 2.17. The fourth-order valence-corrected chi connectivity index (χ4v) is 1.58. The Bertz CT molecular complexity index is 497. The molecule has 0 unspecified atom stereocenters. The smallest absolute Gasteiger partial charge is 0.316 e. The fourth-order valence-electron chi connectivity index (χ4n) is 1.58. The monoisotopic (exact) mass is 244 g/mol. The highest BCUT2D eigenvalue weighted by Gasteiger charge is 2.02. The molecule has 4 nitrogen and oxygen atoms in total. The predicted octanol–water partition coefficient (Wildman–Crippen LogP) is 2.42. The summed E-state index contributed by atoms with van der Waals surface area (Å²) < 4.78 is 5.33. The maximum atomic E-state index is 9.10. The molecule has 0 saturated heterocycles. The van der Waals surface area contributed by atoms with E-state index in [9.17, 15) is 0 Å². The summed E-state index contributed by atoms with van der Waals surface area (Å²) in [6, 6.07) is 8.07. The number of hydrogen-bond acceptors (Lipinski definition) is 4. The minimum absolute atomic E-state index is 0.0341. The van der Waals surface area contributed by atoms with Crippen molar-refractivity contribution in [2.75, 3.05) is 6.61 Å². The average molecular weight is 244 g/mol. The molecule has 0 aliphatic rings. The van der Waals surface area contributed by atoms with Crippen molar-refractivity contribution in [3.63, 3.8) is 0 Å². The average Bonchev–Trinajstić information content (AvgIpc) is 2.46. The van der Waals surface area contributed by atoms with Gasteiger partial charge in [0.25, 0.3) is 0 Å². The number of ether oxygens (including phenoxy) is 1. The van der Waals surface area contributed by atoms with Gasteiger partial charge in [-0.15, -0.1) is 0 Å². The van der Waals surface area contributed by atoms with Crippen molar-refractivity contribution < 1.29 is 9.84 Å². The van der Waals surface area contributed by atoms with Gasteiger partial charge in [0.1, 0.15) is 0 Å². The van der Waals surface area contributed by atoms with E-state index < -0.39 is 0 Å². The first-order valence-corrected chi connectivity index (χ1v) is 5.98. The molecule has 0 bridgehead atoms. The SMILES string of the molecule is CCCOc1ncc(-c2cccc(CO)c2)cn1. The number of aliphatic hydroxyl groups is 1. The van der Waals surface area contributed by atoms with Gasteiger partial charge in [0.2, 0.25) is 0 Å². The van der Waals surface area contributed by atoms with Crippen LogP contribution in [-0.4, -0.2) is 21.7 Å². The van der Waals surface area contributed by atoms with Crippen molar-refractivity contribution in [2.45, 2.75) is 20.0 Å². The number of aliphatic hydroxyl groups excluding tert-OH is 1. The molecule has 2 rings (SSSR count). The molecule has 0 fully saturated rings. The second-order valence-electron chi connectivity index (χ2n) is 3.96. The maximum absolute atomic E-state index is 9.10. The van der Waals surface area contributed by atoms with Crippen LogP contribution in [0.3, 0.4) is 0 Å². The topological polar surface area (TPSA) is 55.2 Å². The molecule has 0 aliphatic heterocycles. The molecular weight excluding hydrogens is 228 g/mol. The molecular formula is C14H16N2O2. The fraction of sp³-hybridized carbons (Fsp3) is 0.286. The molecule has 0 saturated carbocycles. The Kier molecular flexibility index (Phi) is 4.25. The summed E-state index contributed by atoms with van der Waals surface area (Å²) in [5.41, 5.74) is 2.77. The van der Waals surface area contributed by atoms with Gasteiger partial charge in [-0.05, 0) is 23.6 Å². The van der Waals surface area contributed by atoms with Gasteiger partial charge >= 0.3 is 6.01 Å². The molecule has 1 heterocycles. The summed E-state index contributed by atoms with van der Waals surface area (Å²) in [5, 5.41) is 9.10. The van der Waals surface area contributed by atoms with Gasteiger partial charge in [-0.1, -0.05) is 25.1 Å². The maximum Gasteiger partial charge on any atom is 0.316 e. The predicted molar refractivity (Wildman–Crippen MR) is 69.2 cm³/mol. The number of benzene rings is 1. The third-order valence-corrected chi connectivity index (χ3v) is 2.51. The summed E-state index contributed by atoms with van der Waals surface area (Å²) in [4.78, 5) is 8.30. The van der Waals surface area contributed by atoms with E-state index >= 15 is 0 Å². The third-order valence-electron chi connectivity index (χ3n) is 2.51. The van der Waals surface area contributed by atoms with E-state index in [1.165, 1.54) is 0 Å². The number of hydrogen-bond donors (Lipinski definition) is 1. The van der Waals surface area contributed by atoms with E-state index in [1.807, 2.05) is 31.2 Å². The standard InChI is InChI=1S/C14H16N2O2/c1-2-6-18-14-15-8-13(9-16-14)12-5-3-4-11(7-12)10-17/h3-5,7-9,17H,2,6,10H2,1H3. The van der Waals surface area contributed by atoms with Gasteiger partial charge in [-0.3, -0.25) is 0 Å². The van der Waals surface area contributed by atoms with Crippen LogP contribution in [0.5, 0.6) is 6.01 Å². The molecule has 2 aromatic rings. The van der Waals surface area contributed by atoms with E-state index in [0.717, 1.165) is 23.1 Å². The number of aromatic nitrogens is 2. The van der Waals surface area contributed by atoms with E-state index in [2.05, 4.69) is 9.97 Å². The highest BCUT2D eigenvalue weighted by molar-refractivity contribution is 5.62. The highest BCUT2D eigenvalue weighted by atomic mass is 16.5. The van der Waals surface area contributed by atoms with Crippen molar-refractivity contribution in [1.29, 1.82) is 0 Å². The second-order valence-corrected chi connectivity index (χ2v) is 3.96. The zero-order chi connectivity index (χ0) is 12.8. The van der Waals surface area contributed by atoms with E-state index in [0.29, 0.717) is 12.6 Å². The zero-order valence-corrected chi connectivity index (χ0v) is 10.3. The lowest BCUT2D eigenvalue weighted by atomic mass is 10.1. The Hall–Kier alpha value is -1.94. The number of nitrogens with zero attached hydrogens (tertiary/aromatic N) is 2. The zero-order valence-electron chi connectivity index (χ0n) is 10.3. The first kappa shape index (κ1) is 12.5. The summed E-state index contributed by atoms with van der Waals surface area (Å²) >= 11 is 0. The lowest BCUT2D eigenvalue weighted by Crippen LogP contribution is -1.99. The lowest BCUT2D eigenvalue weighted by molar-refractivity contribution is 0.282. The first-order valence-electron chi connectivity index (χ1n) is 5.98. The van der Waals surface area contributed by atoms with Gasteiger partial charge < -0.3 is 9.84 Å². The van der Waals surface area contributed by atoms with Crippen LogP contribution in [0.2, 0.25) is 0 Å². The van der Waals surface area contributed by atoms with Crippen LogP contribution in [0, 0.1) is 0 Å². The number of rotatable bonds is 5. The van der Waals surface area contributed by atoms with Gasteiger partial charge in [0, 0.05) is 18.0 Å². The van der Waals surface area contributed by atoms with Crippen LogP contribution in [0.4, 0.5) is 0 Å². The van der Waals surface area contributed by atoms with Crippen LogP contribution in [0.1, 0.15) is 18.9 Å². The summed E-state index contributed by atoms with van der Waals surface area (Å²) in [6.07, 6.45) is 4.40. The summed E-state index contributed by atoms with van der Waals surface area (Å²) in [5.74, 6) is 0. The van der Waals surface area contributed by atoms with Crippen molar-refractivity contribution >= 4 is 0 Å². The van der Waals surface area contributed by atoms with Gasteiger partial charge in [0.05, 0.1) is 13.2 Å². The minimum Gasteiger partial charge on any atom is -0.463 e. The summed E-state index contributed by atoms with van der Waals surface area (Å²) in [6.45, 7) is 2.69. The molecule has 94 valence electrons. The molecule has 0 aliphatic carbocycles. The van der Waals surface area contributed by atoms with Crippen LogP contribution in [0.25, 0.3) is 11.1 Å². The van der Waals surface area contributed by atoms with E-state index in [1.54, 1.807) is 12.4 Å². The third kappa shape index (κ3) is 3.05. The van der Waals surface area contributed by atoms with Crippen LogP contribution < -0.4 is 4.74 Å². The Morgan fingerprint density at radius 2 is 1.94 bits per heavy atom. The van der Waals surface area contributed by atoms with Crippen molar-refractivity contribution in [2.24, 2.45) is 0 Å². The van der Waals surface area contributed by atoms with E-state index in [4.69, 9.17) is 9.84 Å². The molecule has 4 heteroatoms. The highest BCUT2D eigenvalue weighted by Crippen LogP contribution is 2.19. The molecule has 1 N–H and O–H groups in total. The lowest BCUT2D eigenvalue weighted by Gasteiger charge is -2.05. The van der Waals surface area contributed by atoms with Crippen LogP contribution in [-0.2, 0) is 6.61 Å². The van der Waals surface area contributed by atoms with Gasteiger partial charge in [-0.25, -0.2) is 9.97 Å². The van der Waals surface area contributed by atoms with E-state index in [-0.39, 0.29) is 6.61 Å². The quantitative estimate of drug-likeness (QED) is 0.877. The molecule has 0 radical (unpaired) electrons. The molecule has 1 aromatic heterocycles. The van der Waals surface area contributed by atoms with Gasteiger partial charge in [0.15, 0.2) is 0 Å². The molecule has 18 heavy (non-hydrogen) atoms. The molecule has 1 aromatic carbocycles. The Morgan fingerprint density at radius 3 is 2.61 bits per heavy atom. The van der Waals surface area contributed by atoms with Crippen LogP contribution in [0.15, 0.2) is 36.7 Å². The van der Waals surface area contributed by atoms with Crippen molar-refractivity contribution in [3.05, 3.63) is 42.2 Å². The minimum atomic E-state index is 0.0341. The molecule has 0 spiro atoms. The van der Waals surface area contributed by atoms with Crippen molar-refractivity contribution in [3.8, 4) is 17.1 Å². The largest absolute Gasteiger partial charge is 0.463 e. The second kappa shape index (κ2) is 6.12.